The highest BCUT2D eigenvalue weighted by Crippen LogP contribution is 2.39. The summed E-state index contributed by atoms with van der Waals surface area (Å²) in [6, 6.07) is 3.65. The van der Waals surface area contributed by atoms with Gasteiger partial charge in [-0.05, 0) is 57.4 Å². The predicted molar refractivity (Wildman–Crippen MR) is 78.2 cm³/mol. The van der Waals surface area contributed by atoms with Gasteiger partial charge in [0.2, 0.25) is 0 Å². The van der Waals surface area contributed by atoms with Crippen molar-refractivity contribution in [1.82, 2.24) is 0 Å². The zero-order chi connectivity index (χ0) is 15.0. The van der Waals surface area contributed by atoms with Crippen LogP contribution in [-0.4, -0.2) is 18.8 Å². The number of halogens is 1. The van der Waals surface area contributed by atoms with Crippen LogP contribution < -0.4 is 15.2 Å². The van der Waals surface area contributed by atoms with E-state index in [1.807, 2.05) is 19.9 Å². The molecule has 0 spiro atoms. The Kier molecular flexibility index (Phi) is 3.96. The van der Waals surface area contributed by atoms with E-state index in [2.05, 4.69) is 0 Å². The van der Waals surface area contributed by atoms with Gasteiger partial charge in [-0.2, -0.15) is 0 Å². The van der Waals surface area contributed by atoms with E-state index in [0.717, 1.165) is 12.0 Å². The minimum atomic E-state index is -1.44. The lowest BCUT2D eigenvalue weighted by Crippen LogP contribution is -2.35. The highest BCUT2D eigenvalue weighted by Gasteiger charge is 2.28. The summed E-state index contributed by atoms with van der Waals surface area (Å²) in [5.41, 5.74) is 5.76. The second-order valence-corrected chi connectivity index (χ2v) is 6.64. The van der Waals surface area contributed by atoms with Crippen LogP contribution in [-0.2, 0) is 12.1 Å². The molecule has 0 unspecified atom stereocenters. The van der Waals surface area contributed by atoms with Crippen molar-refractivity contribution in [2.45, 2.75) is 51.7 Å². The lowest BCUT2D eigenvalue weighted by Gasteiger charge is -2.26. The molecule has 0 aromatic heterocycles. The summed E-state index contributed by atoms with van der Waals surface area (Å²) >= 11 is 0. The van der Waals surface area contributed by atoms with Crippen molar-refractivity contribution in [3.05, 3.63) is 23.3 Å². The van der Waals surface area contributed by atoms with E-state index in [9.17, 15) is 4.39 Å². The molecule has 112 valence electrons. The number of rotatable bonds is 3. The predicted octanol–water partition coefficient (Wildman–Crippen LogP) is 3.33. The van der Waals surface area contributed by atoms with Gasteiger partial charge in [0.05, 0.1) is 13.2 Å². The molecule has 1 aromatic carbocycles. The third-order valence-electron chi connectivity index (χ3n) is 3.26. The van der Waals surface area contributed by atoms with Gasteiger partial charge in [-0.25, -0.2) is 4.39 Å². The van der Waals surface area contributed by atoms with E-state index in [0.29, 0.717) is 36.7 Å². The first-order chi connectivity index (χ1) is 9.17. The number of nitrogens with two attached hydrogens (primary N) is 1. The highest BCUT2D eigenvalue weighted by molar-refractivity contribution is 5.50. The Hall–Kier alpha value is -1.29. The van der Waals surface area contributed by atoms with E-state index in [1.165, 1.54) is 0 Å². The van der Waals surface area contributed by atoms with Crippen molar-refractivity contribution >= 4 is 0 Å². The molecule has 0 fully saturated rings. The maximum Gasteiger partial charge on any atom is 0.161 e. The molecule has 0 aliphatic carbocycles. The van der Waals surface area contributed by atoms with E-state index < -0.39 is 11.2 Å². The summed E-state index contributed by atoms with van der Waals surface area (Å²) in [5, 5.41) is 0. The standard InChI is InChI=1S/C16H24FNO2/c1-15(2,18)10-11-8-13-14(20-7-5-6-19-13)9-12(11)16(3,4)17/h8-9H,5-7,10,18H2,1-4H3. The topological polar surface area (TPSA) is 44.5 Å². The molecule has 3 nitrogen and oxygen atoms in total. The second kappa shape index (κ2) is 5.24. The first-order valence-electron chi connectivity index (χ1n) is 7.08. The molecule has 20 heavy (non-hydrogen) atoms. The maximum atomic E-state index is 14.5. The number of hydrogen-bond acceptors (Lipinski definition) is 3. The van der Waals surface area contributed by atoms with Gasteiger partial charge in [0, 0.05) is 12.0 Å². The molecule has 2 N–H and O–H groups in total. The van der Waals surface area contributed by atoms with Gasteiger partial charge in [-0.15, -0.1) is 0 Å². The van der Waals surface area contributed by atoms with Crippen molar-refractivity contribution in [2.75, 3.05) is 13.2 Å². The van der Waals surface area contributed by atoms with Crippen molar-refractivity contribution in [2.24, 2.45) is 5.73 Å². The summed E-state index contributed by atoms with van der Waals surface area (Å²) in [5.74, 6) is 1.32. The van der Waals surface area contributed by atoms with Crippen LogP contribution in [0.3, 0.4) is 0 Å². The normalized spacial score (nSPS) is 15.9. The maximum absolute atomic E-state index is 14.5. The second-order valence-electron chi connectivity index (χ2n) is 6.64. The molecule has 0 radical (unpaired) electrons. The van der Waals surface area contributed by atoms with Gasteiger partial charge < -0.3 is 15.2 Å². The summed E-state index contributed by atoms with van der Waals surface area (Å²) in [6.45, 7) is 8.20. The number of fused-ring (bicyclic) bond motifs is 1. The van der Waals surface area contributed by atoms with Crippen molar-refractivity contribution < 1.29 is 13.9 Å². The summed E-state index contributed by atoms with van der Waals surface area (Å²) in [7, 11) is 0. The van der Waals surface area contributed by atoms with Crippen LogP contribution in [0.1, 0.15) is 45.2 Å². The van der Waals surface area contributed by atoms with E-state index in [4.69, 9.17) is 15.2 Å². The fraction of sp³-hybridized carbons (Fsp3) is 0.625. The summed E-state index contributed by atoms with van der Waals surface area (Å²) in [4.78, 5) is 0. The third kappa shape index (κ3) is 3.63. The Morgan fingerprint density at radius 3 is 2.15 bits per heavy atom. The van der Waals surface area contributed by atoms with E-state index in [-0.39, 0.29) is 0 Å². The average molecular weight is 281 g/mol. The molecule has 4 heteroatoms. The summed E-state index contributed by atoms with van der Waals surface area (Å²) in [6.07, 6.45) is 1.42. The van der Waals surface area contributed by atoms with Gasteiger partial charge in [0.25, 0.3) is 0 Å². The Morgan fingerprint density at radius 1 is 1.10 bits per heavy atom. The molecule has 0 saturated carbocycles. The molecular weight excluding hydrogens is 257 g/mol. The van der Waals surface area contributed by atoms with E-state index >= 15 is 0 Å². The largest absolute Gasteiger partial charge is 0.490 e. The third-order valence-corrected chi connectivity index (χ3v) is 3.26. The van der Waals surface area contributed by atoms with Gasteiger partial charge in [0.15, 0.2) is 11.5 Å². The Labute approximate surface area is 120 Å². The molecule has 1 aromatic rings. The van der Waals surface area contributed by atoms with Crippen LogP contribution in [0.25, 0.3) is 0 Å². The molecule has 0 bridgehead atoms. The average Bonchev–Trinajstić information content (AvgIpc) is 2.48. The number of ether oxygens (including phenoxy) is 2. The number of hydrogen-bond donors (Lipinski definition) is 1. The zero-order valence-electron chi connectivity index (χ0n) is 12.8. The molecule has 1 aliphatic heterocycles. The van der Waals surface area contributed by atoms with Crippen LogP contribution in [0.5, 0.6) is 11.5 Å². The van der Waals surface area contributed by atoms with E-state index in [1.54, 1.807) is 19.9 Å². The molecule has 0 atom stereocenters. The Balaban J connectivity index is 2.50. The number of benzene rings is 1. The minimum Gasteiger partial charge on any atom is -0.490 e. The molecular formula is C16H24FNO2. The fourth-order valence-corrected chi connectivity index (χ4v) is 2.44. The smallest absolute Gasteiger partial charge is 0.161 e. The van der Waals surface area contributed by atoms with Gasteiger partial charge >= 0.3 is 0 Å². The summed E-state index contributed by atoms with van der Waals surface area (Å²) < 4.78 is 25.8. The van der Waals surface area contributed by atoms with Crippen molar-refractivity contribution in [1.29, 1.82) is 0 Å². The molecule has 0 amide bonds. The molecule has 2 rings (SSSR count). The fourth-order valence-electron chi connectivity index (χ4n) is 2.44. The number of alkyl halides is 1. The molecule has 1 aliphatic rings. The highest BCUT2D eigenvalue weighted by atomic mass is 19.1. The van der Waals surface area contributed by atoms with Crippen LogP contribution >= 0.6 is 0 Å². The van der Waals surface area contributed by atoms with Crippen LogP contribution in [0.4, 0.5) is 4.39 Å². The quantitative estimate of drug-likeness (QED) is 0.924. The van der Waals surface area contributed by atoms with Crippen molar-refractivity contribution in [3.63, 3.8) is 0 Å². The first-order valence-corrected chi connectivity index (χ1v) is 7.08. The first kappa shape index (κ1) is 15.1. The zero-order valence-corrected chi connectivity index (χ0v) is 12.8. The van der Waals surface area contributed by atoms with Gasteiger partial charge in [0.1, 0.15) is 5.67 Å². The Bertz CT molecular complexity index is 486. The van der Waals surface area contributed by atoms with Gasteiger partial charge in [-0.3, -0.25) is 0 Å². The molecule has 0 saturated heterocycles. The minimum absolute atomic E-state index is 0.403. The van der Waals surface area contributed by atoms with Crippen LogP contribution in [0.2, 0.25) is 0 Å². The van der Waals surface area contributed by atoms with Crippen LogP contribution in [0.15, 0.2) is 12.1 Å². The Morgan fingerprint density at radius 2 is 1.65 bits per heavy atom. The van der Waals surface area contributed by atoms with Crippen molar-refractivity contribution in [3.8, 4) is 11.5 Å². The lowest BCUT2D eigenvalue weighted by molar-refractivity contribution is 0.217. The molecule has 1 heterocycles. The SMILES string of the molecule is CC(C)(N)Cc1cc2c(cc1C(C)(C)F)OCCCO2. The monoisotopic (exact) mass is 281 g/mol. The van der Waals surface area contributed by atoms with Crippen LogP contribution in [0, 0.1) is 0 Å². The van der Waals surface area contributed by atoms with Gasteiger partial charge in [-0.1, -0.05) is 0 Å². The lowest BCUT2D eigenvalue weighted by atomic mass is 9.87.